The van der Waals surface area contributed by atoms with E-state index in [0.29, 0.717) is 34.2 Å². The minimum Gasteiger partial charge on any atom is -0.492 e. The molecule has 0 aromatic heterocycles. The monoisotopic (exact) mass is 610 g/mol. The Labute approximate surface area is 258 Å². The molecule has 44 heavy (non-hydrogen) atoms. The molecular formula is C33H30N4O6S. The molecular weight excluding hydrogens is 580 g/mol. The highest BCUT2D eigenvalue weighted by atomic mass is 32.2. The first-order valence-corrected chi connectivity index (χ1v) is 14.6. The topological polar surface area (TPSA) is 140 Å². The largest absolute Gasteiger partial charge is 0.492 e. The molecule has 224 valence electrons. The fourth-order valence-corrected chi connectivity index (χ4v) is 4.99. The highest BCUT2D eigenvalue weighted by Gasteiger charge is 2.20. The molecule has 0 fully saturated rings. The van der Waals surface area contributed by atoms with E-state index in [2.05, 4.69) is 16.0 Å². The van der Waals surface area contributed by atoms with Gasteiger partial charge in [0.2, 0.25) is 5.91 Å². The van der Waals surface area contributed by atoms with Crippen LogP contribution in [0.5, 0.6) is 5.75 Å². The number of anilines is 2. The molecule has 0 aliphatic heterocycles. The van der Waals surface area contributed by atoms with Crippen LogP contribution in [0, 0.1) is 10.1 Å². The Morgan fingerprint density at radius 1 is 0.909 bits per heavy atom. The number of hydrogen-bond acceptors (Lipinski definition) is 7. The number of carbonyl (C=O) groups excluding carboxylic acids is 3. The zero-order valence-corrected chi connectivity index (χ0v) is 24.8. The lowest BCUT2D eigenvalue weighted by Gasteiger charge is -2.15. The minimum atomic E-state index is -0.687. The van der Waals surface area contributed by atoms with E-state index in [4.69, 9.17) is 4.74 Å². The molecule has 0 saturated carbocycles. The van der Waals surface area contributed by atoms with E-state index >= 15 is 0 Å². The third-order valence-electron chi connectivity index (χ3n) is 6.18. The summed E-state index contributed by atoms with van der Waals surface area (Å²) in [6.07, 6.45) is 1.26. The van der Waals surface area contributed by atoms with Crippen molar-refractivity contribution in [1.82, 2.24) is 5.32 Å². The predicted octanol–water partition coefficient (Wildman–Crippen LogP) is 6.52. The number of nitro benzene ring substituents is 1. The van der Waals surface area contributed by atoms with Crippen molar-refractivity contribution in [3.05, 3.63) is 130 Å². The average molecular weight is 611 g/mol. The molecule has 4 aromatic carbocycles. The molecule has 10 nitrogen and oxygen atoms in total. The first kappa shape index (κ1) is 31.5. The summed E-state index contributed by atoms with van der Waals surface area (Å²) in [5.74, 6) is -0.891. The number of thioether (sulfide) groups is 1. The summed E-state index contributed by atoms with van der Waals surface area (Å²) in [5.41, 5.74) is 1.02. The zero-order valence-electron chi connectivity index (χ0n) is 24.0. The van der Waals surface area contributed by atoms with E-state index in [-0.39, 0.29) is 22.9 Å². The number of benzene rings is 4. The molecule has 0 saturated heterocycles. The van der Waals surface area contributed by atoms with Crippen molar-refractivity contribution >= 4 is 52.6 Å². The normalized spacial score (nSPS) is 11.6. The number of nitrogens with zero attached hydrogens (tertiary/aromatic N) is 1. The van der Waals surface area contributed by atoms with Gasteiger partial charge in [0.1, 0.15) is 11.4 Å². The van der Waals surface area contributed by atoms with E-state index < -0.39 is 22.0 Å². The third kappa shape index (κ3) is 8.55. The van der Waals surface area contributed by atoms with Gasteiger partial charge in [-0.15, -0.1) is 11.8 Å². The molecule has 0 spiro atoms. The van der Waals surface area contributed by atoms with Crippen LogP contribution in [-0.4, -0.2) is 34.5 Å². The molecule has 1 atom stereocenters. The fraction of sp³-hybridized carbons (Fsp3) is 0.121. The van der Waals surface area contributed by atoms with Crippen molar-refractivity contribution < 1.29 is 24.0 Å². The van der Waals surface area contributed by atoms with E-state index in [1.807, 2.05) is 19.1 Å². The zero-order chi connectivity index (χ0) is 31.5. The molecule has 3 N–H and O–H groups in total. The van der Waals surface area contributed by atoms with Gasteiger partial charge >= 0.3 is 0 Å². The van der Waals surface area contributed by atoms with E-state index in [1.54, 1.807) is 79.7 Å². The summed E-state index contributed by atoms with van der Waals surface area (Å²) in [7, 11) is 0. The maximum Gasteiger partial charge on any atom is 0.276 e. The van der Waals surface area contributed by atoms with Crippen LogP contribution >= 0.6 is 11.8 Å². The second kappa shape index (κ2) is 15.2. The molecule has 0 aliphatic rings. The summed E-state index contributed by atoms with van der Waals surface area (Å²) in [4.78, 5) is 51.1. The highest BCUT2D eigenvalue weighted by Crippen LogP contribution is 2.29. The molecule has 4 rings (SSSR count). The number of amides is 3. The second-order valence-electron chi connectivity index (χ2n) is 9.35. The van der Waals surface area contributed by atoms with Crippen LogP contribution in [0.25, 0.3) is 6.08 Å². The fourth-order valence-electron chi connectivity index (χ4n) is 4.06. The molecule has 0 radical (unpaired) electrons. The summed E-state index contributed by atoms with van der Waals surface area (Å²) < 4.78 is 5.59. The Kier molecular flexibility index (Phi) is 10.9. The maximum absolute atomic E-state index is 13.4. The van der Waals surface area contributed by atoms with Gasteiger partial charge in [-0.3, -0.25) is 24.5 Å². The van der Waals surface area contributed by atoms with Crippen molar-refractivity contribution in [1.29, 1.82) is 0 Å². The van der Waals surface area contributed by atoms with Gasteiger partial charge in [0, 0.05) is 22.2 Å². The predicted molar refractivity (Wildman–Crippen MR) is 172 cm³/mol. The van der Waals surface area contributed by atoms with Crippen LogP contribution in [0.3, 0.4) is 0 Å². The molecule has 3 amide bonds. The number of hydrogen-bond donors (Lipinski definition) is 3. The number of para-hydroxylation sites is 3. The van der Waals surface area contributed by atoms with Crippen LogP contribution < -0.4 is 20.7 Å². The quantitative estimate of drug-likeness (QED) is 0.0718. The second-order valence-corrected chi connectivity index (χ2v) is 10.8. The third-order valence-corrected chi connectivity index (χ3v) is 7.27. The van der Waals surface area contributed by atoms with Crippen molar-refractivity contribution in [2.24, 2.45) is 0 Å². The van der Waals surface area contributed by atoms with E-state index in [9.17, 15) is 24.5 Å². The van der Waals surface area contributed by atoms with Gasteiger partial charge < -0.3 is 20.7 Å². The van der Waals surface area contributed by atoms with E-state index in [1.165, 1.54) is 36.0 Å². The van der Waals surface area contributed by atoms with Crippen molar-refractivity contribution in [2.75, 3.05) is 17.2 Å². The Morgan fingerprint density at radius 3 is 2.36 bits per heavy atom. The number of rotatable bonds is 12. The number of ether oxygens (including phenoxy) is 1. The van der Waals surface area contributed by atoms with Gasteiger partial charge in [-0.2, -0.15) is 0 Å². The van der Waals surface area contributed by atoms with Crippen LogP contribution in [0.1, 0.15) is 29.8 Å². The van der Waals surface area contributed by atoms with Gasteiger partial charge in [-0.05, 0) is 68.5 Å². The van der Waals surface area contributed by atoms with Gasteiger partial charge in [0.25, 0.3) is 17.5 Å². The lowest BCUT2D eigenvalue weighted by Crippen LogP contribution is -2.30. The first-order chi connectivity index (χ1) is 21.2. The van der Waals surface area contributed by atoms with Crippen molar-refractivity contribution in [3.63, 3.8) is 0 Å². The minimum absolute atomic E-state index is 0.145. The summed E-state index contributed by atoms with van der Waals surface area (Å²) in [6.45, 7) is 4.09. The van der Waals surface area contributed by atoms with Crippen LogP contribution in [-0.2, 0) is 9.59 Å². The Hall–Kier alpha value is -5.42. The van der Waals surface area contributed by atoms with Gasteiger partial charge in [-0.1, -0.05) is 48.5 Å². The lowest BCUT2D eigenvalue weighted by atomic mass is 10.1. The Bertz CT molecular complexity index is 1690. The standard InChI is InChI=1S/C33H30N4O6S/c1-3-43-30-19-10-8-17-27(30)35-31(38)22(2)44-26-16-11-15-25(21-26)34-33(40)28(36-32(39)23-12-5-4-6-13-23)20-24-14-7-9-18-29(24)37(41)42/h4-22H,3H2,1-2H3,(H,34,40)(H,35,38)(H,36,39)/b28-20+. The van der Waals surface area contributed by atoms with Crippen molar-refractivity contribution in [2.45, 2.75) is 24.0 Å². The molecule has 11 heteroatoms. The summed E-state index contributed by atoms with van der Waals surface area (Å²) in [5, 5.41) is 19.3. The average Bonchev–Trinajstić information content (AvgIpc) is 3.02. The van der Waals surface area contributed by atoms with Crippen molar-refractivity contribution in [3.8, 4) is 5.75 Å². The molecule has 4 aromatic rings. The van der Waals surface area contributed by atoms with Gasteiger partial charge in [0.05, 0.1) is 28.0 Å². The molecule has 1 unspecified atom stereocenters. The van der Waals surface area contributed by atoms with Gasteiger partial charge in [0.15, 0.2) is 0 Å². The molecule has 0 aliphatic carbocycles. The maximum atomic E-state index is 13.4. The Balaban J connectivity index is 1.52. The highest BCUT2D eigenvalue weighted by molar-refractivity contribution is 8.00. The molecule has 0 heterocycles. The lowest BCUT2D eigenvalue weighted by molar-refractivity contribution is -0.385. The molecule has 0 bridgehead atoms. The first-order valence-electron chi connectivity index (χ1n) is 13.7. The number of nitrogens with one attached hydrogen (secondary N) is 3. The number of carbonyl (C=O) groups is 3. The van der Waals surface area contributed by atoms with E-state index in [0.717, 1.165) is 0 Å². The smallest absolute Gasteiger partial charge is 0.276 e. The van der Waals surface area contributed by atoms with Crippen LogP contribution in [0.4, 0.5) is 17.1 Å². The number of nitro groups is 1. The summed E-state index contributed by atoms with van der Waals surface area (Å²) >= 11 is 1.29. The van der Waals surface area contributed by atoms with Gasteiger partial charge in [-0.25, -0.2) is 0 Å². The summed E-state index contributed by atoms with van der Waals surface area (Å²) in [6, 6.07) is 28.3. The SMILES string of the molecule is CCOc1ccccc1NC(=O)C(C)Sc1cccc(NC(=O)/C(=C\c2ccccc2[N+](=O)[O-])NC(=O)c2ccccc2)c1. The Morgan fingerprint density at radius 2 is 1.61 bits per heavy atom. The van der Waals surface area contributed by atoms with Crippen LogP contribution in [0.15, 0.2) is 114 Å². The van der Waals surface area contributed by atoms with Crippen LogP contribution in [0.2, 0.25) is 0 Å².